The predicted molar refractivity (Wildman–Crippen MR) is 117 cm³/mol. The zero-order chi connectivity index (χ0) is 21.5. The van der Waals surface area contributed by atoms with E-state index in [2.05, 4.69) is 15.9 Å². The van der Waals surface area contributed by atoms with Crippen molar-refractivity contribution in [1.82, 2.24) is 0 Å². The van der Waals surface area contributed by atoms with Crippen LogP contribution in [0.25, 0.3) is 0 Å². The number of hydrogen-bond donors (Lipinski definition) is 0. The van der Waals surface area contributed by atoms with Crippen LogP contribution in [0.5, 0.6) is 11.5 Å². The zero-order valence-corrected chi connectivity index (χ0v) is 18.3. The van der Waals surface area contributed by atoms with Crippen molar-refractivity contribution >= 4 is 27.7 Å². The number of esters is 1. The maximum atomic E-state index is 12.4. The van der Waals surface area contributed by atoms with Crippen molar-refractivity contribution in [3.8, 4) is 11.5 Å². The Morgan fingerprint density at radius 2 is 1.63 bits per heavy atom. The van der Waals surface area contributed by atoms with Crippen LogP contribution in [0, 0.1) is 6.92 Å². The molecule has 0 amide bonds. The average molecular weight is 469 g/mol. The van der Waals surface area contributed by atoms with Gasteiger partial charge >= 0.3 is 5.97 Å². The van der Waals surface area contributed by atoms with Crippen LogP contribution in [0.15, 0.2) is 71.2 Å². The lowest BCUT2D eigenvalue weighted by molar-refractivity contribution is 0.0474. The SMILES string of the molecule is COc1cc(C(=O)OCC(=O)c2ccccc2)cc(Br)c1OCc1ccc(C)cc1. The maximum absolute atomic E-state index is 12.4. The molecule has 0 atom stereocenters. The first-order valence-corrected chi connectivity index (χ1v) is 10.1. The molecule has 0 saturated heterocycles. The summed E-state index contributed by atoms with van der Waals surface area (Å²) in [7, 11) is 1.49. The lowest BCUT2D eigenvalue weighted by Gasteiger charge is -2.14. The summed E-state index contributed by atoms with van der Waals surface area (Å²) in [6.07, 6.45) is 0. The molecule has 0 radical (unpaired) electrons. The number of rotatable bonds is 8. The Bertz CT molecular complexity index is 1030. The lowest BCUT2D eigenvalue weighted by atomic mass is 10.1. The Kier molecular flexibility index (Phi) is 7.25. The van der Waals surface area contributed by atoms with Gasteiger partial charge in [0.05, 0.1) is 17.1 Å². The number of hydrogen-bond acceptors (Lipinski definition) is 5. The highest BCUT2D eigenvalue weighted by Gasteiger charge is 2.18. The van der Waals surface area contributed by atoms with Crippen LogP contribution in [-0.2, 0) is 11.3 Å². The zero-order valence-electron chi connectivity index (χ0n) is 16.7. The highest BCUT2D eigenvalue weighted by molar-refractivity contribution is 9.10. The maximum Gasteiger partial charge on any atom is 0.338 e. The van der Waals surface area contributed by atoms with Crippen molar-refractivity contribution < 1.29 is 23.8 Å². The van der Waals surface area contributed by atoms with Gasteiger partial charge in [0.15, 0.2) is 23.9 Å². The number of carbonyl (C=O) groups excluding carboxylic acids is 2. The first-order chi connectivity index (χ1) is 14.5. The highest BCUT2D eigenvalue weighted by Crippen LogP contribution is 2.37. The van der Waals surface area contributed by atoms with E-state index in [1.165, 1.54) is 18.7 Å². The fraction of sp³-hybridized carbons (Fsp3) is 0.167. The third kappa shape index (κ3) is 5.48. The van der Waals surface area contributed by atoms with Crippen LogP contribution in [-0.4, -0.2) is 25.5 Å². The second-order valence-corrected chi connectivity index (χ2v) is 7.48. The van der Waals surface area contributed by atoms with Gasteiger partial charge in [0.2, 0.25) is 0 Å². The molecule has 3 rings (SSSR count). The molecule has 6 heteroatoms. The van der Waals surface area contributed by atoms with E-state index in [1.54, 1.807) is 30.3 Å². The Balaban J connectivity index is 1.68. The molecule has 0 spiro atoms. The molecule has 0 saturated carbocycles. The highest BCUT2D eigenvalue weighted by atomic mass is 79.9. The Morgan fingerprint density at radius 3 is 2.30 bits per heavy atom. The quantitative estimate of drug-likeness (QED) is 0.327. The minimum absolute atomic E-state index is 0.252. The monoisotopic (exact) mass is 468 g/mol. The van der Waals surface area contributed by atoms with E-state index in [4.69, 9.17) is 14.2 Å². The van der Waals surface area contributed by atoms with E-state index >= 15 is 0 Å². The summed E-state index contributed by atoms with van der Waals surface area (Å²) in [5, 5.41) is 0. The number of benzene rings is 3. The van der Waals surface area contributed by atoms with Gasteiger partial charge in [-0.05, 0) is 40.5 Å². The summed E-state index contributed by atoms with van der Waals surface area (Å²) in [5.74, 6) is -0.0239. The van der Waals surface area contributed by atoms with Gasteiger partial charge in [-0.3, -0.25) is 4.79 Å². The van der Waals surface area contributed by atoms with E-state index in [0.29, 0.717) is 28.1 Å². The van der Waals surface area contributed by atoms with Crippen LogP contribution in [0.1, 0.15) is 31.8 Å². The van der Waals surface area contributed by atoms with Crippen LogP contribution in [0.2, 0.25) is 0 Å². The summed E-state index contributed by atoms with van der Waals surface area (Å²) in [5.41, 5.74) is 2.93. The lowest BCUT2D eigenvalue weighted by Crippen LogP contribution is -2.14. The molecular formula is C24H21BrO5. The van der Waals surface area contributed by atoms with Crippen molar-refractivity contribution in [2.75, 3.05) is 13.7 Å². The average Bonchev–Trinajstić information content (AvgIpc) is 2.77. The van der Waals surface area contributed by atoms with Gasteiger partial charge in [-0.2, -0.15) is 0 Å². The van der Waals surface area contributed by atoms with Gasteiger partial charge in [0.25, 0.3) is 0 Å². The Labute approximate surface area is 183 Å². The van der Waals surface area contributed by atoms with Crippen molar-refractivity contribution in [3.63, 3.8) is 0 Å². The normalized spacial score (nSPS) is 10.4. The first-order valence-electron chi connectivity index (χ1n) is 9.29. The smallest absolute Gasteiger partial charge is 0.338 e. The number of aryl methyl sites for hydroxylation is 1. The van der Waals surface area contributed by atoms with Gasteiger partial charge in [0.1, 0.15) is 6.61 Å². The molecule has 0 heterocycles. The molecule has 0 fully saturated rings. The molecule has 0 aliphatic heterocycles. The number of carbonyl (C=O) groups is 2. The third-order valence-corrected chi connectivity index (χ3v) is 4.99. The standard InChI is InChI=1S/C24H21BrO5/c1-16-8-10-17(11-9-16)14-29-23-20(25)12-19(13-22(23)28-2)24(27)30-15-21(26)18-6-4-3-5-7-18/h3-13H,14-15H2,1-2H3. The topological polar surface area (TPSA) is 61.8 Å². The number of ketones is 1. The van der Waals surface area contributed by atoms with Crippen LogP contribution in [0.4, 0.5) is 0 Å². The third-order valence-electron chi connectivity index (χ3n) is 4.40. The van der Waals surface area contributed by atoms with E-state index in [9.17, 15) is 9.59 Å². The fourth-order valence-electron chi connectivity index (χ4n) is 2.74. The fourth-order valence-corrected chi connectivity index (χ4v) is 3.30. The van der Waals surface area contributed by atoms with E-state index in [1.807, 2.05) is 37.3 Å². The Hall–Kier alpha value is -3.12. The largest absolute Gasteiger partial charge is 0.493 e. The molecular weight excluding hydrogens is 448 g/mol. The van der Waals surface area contributed by atoms with Crippen molar-refractivity contribution in [1.29, 1.82) is 0 Å². The summed E-state index contributed by atoms with van der Waals surface area (Å²) >= 11 is 3.43. The number of methoxy groups -OCH3 is 1. The summed E-state index contributed by atoms with van der Waals surface area (Å²) in [6.45, 7) is 2.04. The van der Waals surface area contributed by atoms with Gasteiger partial charge < -0.3 is 14.2 Å². The molecule has 0 aliphatic rings. The number of Topliss-reactive ketones (excluding diaryl/α,β-unsaturated/α-hetero) is 1. The van der Waals surface area contributed by atoms with Gasteiger partial charge in [0, 0.05) is 5.56 Å². The van der Waals surface area contributed by atoms with E-state index in [0.717, 1.165) is 5.56 Å². The molecule has 0 N–H and O–H groups in total. The molecule has 0 aromatic heterocycles. The second-order valence-electron chi connectivity index (χ2n) is 6.63. The summed E-state index contributed by atoms with van der Waals surface area (Å²) in [6, 6.07) is 19.8. The van der Waals surface area contributed by atoms with Gasteiger partial charge in [-0.15, -0.1) is 0 Å². The molecule has 3 aromatic carbocycles. The molecule has 30 heavy (non-hydrogen) atoms. The van der Waals surface area contributed by atoms with Crippen LogP contribution in [0.3, 0.4) is 0 Å². The molecule has 3 aromatic rings. The molecule has 0 bridgehead atoms. The van der Waals surface area contributed by atoms with Crippen LogP contribution < -0.4 is 9.47 Å². The van der Waals surface area contributed by atoms with E-state index < -0.39 is 5.97 Å². The van der Waals surface area contributed by atoms with Gasteiger partial charge in [-0.25, -0.2) is 4.79 Å². The molecule has 0 aliphatic carbocycles. The Morgan fingerprint density at radius 1 is 0.933 bits per heavy atom. The van der Waals surface area contributed by atoms with E-state index in [-0.39, 0.29) is 18.0 Å². The molecule has 5 nitrogen and oxygen atoms in total. The van der Waals surface area contributed by atoms with Crippen molar-refractivity contribution in [2.24, 2.45) is 0 Å². The predicted octanol–water partition coefficient (Wildman–Crippen LogP) is 5.38. The first kappa shape index (κ1) is 21.6. The summed E-state index contributed by atoms with van der Waals surface area (Å²) < 4.78 is 17.0. The number of halogens is 1. The minimum Gasteiger partial charge on any atom is -0.493 e. The van der Waals surface area contributed by atoms with Crippen LogP contribution >= 0.6 is 15.9 Å². The van der Waals surface area contributed by atoms with Gasteiger partial charge in [-0.1, -0.05) is 60.2 Å². The second kappa shape index (κ2) is 10.1. The minimum atomic E-state index is -0.622. The molecule has 0 unspecified atom stereocenters. The van der Waals surface area contributed by atoms with Crippen molar-refractivity contribution in [3.05, 3.63) is 93.5 Å². The number of ether oxygens (including phenoxy) is 3. The molecule has 154 valence electrons. The van der Waals surface area contributed by atoms with Crippen molar-refractivity contribution in [2.45, 2.75) is 13.5 Å². The summed E-state index contributed by atoms with van der Waals surface area (Å²) in [4.78, 5) is 24.6.